The van der Waals surface area contributed by atoms with Gasteiger partial charge in [-0.2, -0.15) is 10.5 Å². The highest BCUT2D eigenvalue weighted by Crippen LogP contribution is 2.18. The predicted octanol–water partition coefficient (Wildman–Crippen LogP) is -0.234. The maximum atomic E-state index is 11.8. The van der Waals surface area contributed by atoms with Crippen LogP contribution in [0.4, 0.5) is 0 Å². The van der Waals surface area contributed by atoms with Crippen LogP contribution in [0.2, 0.25) is 0 Å². The van der Waals surface area contributed by atoms with Crippen LogP contribution in [0.5, 0.6) is 0 Å². The highest BCUT2D eigenvalue weighted by atomic mass is 16.2. The van der Waals surface area contributed by atoms with E-state index in [-0.39, 0.29) is 31.0 Å². The molecule has 1 amide bonds. The number of nitrogens with two attached hydrogens (primary N) is 1. The van der Waals surface area contributed by atoms with Crippen molar-refractivity contribution in [3.63, 3.8) is 0 Å². The molecule has 1 aliphatic rings. The molecule has 1 aliphatic carbocycles. The van der Waals surface area contributed by atoms with Crippen molar-refractivity contribution in [1.82, 2.24) is 4.90 Å². The average molecular weight is 204 g/mol. The number of carbonyl (C=O) groups is 1. The van der Waals surface area contributed by atoms with Crippen molar-refractivity contribution in [2.24, 2.45) is 11.7 Å². The van der Waals surface area contributed by atoms with Gasteiger partial charge >= 0.3 is 0 Å². The molecule has 2 atom stereocenters. The van der Waals surface area contributed by atoms with Gasteiger partial charge in [0.15, 0.2) is 0 Å². The van der Waals surface area contributed by atoms with Crippen molar-refractivity contribution in [1.29, 1.82) is 10.5 Å². The second kappa shape index (κ2) is 5.14. The number of nitrogens with zero attached hydrogens (tertiary/aromatic N) is 3. The van der Waals surface area contributed by atoms with E-state index < -0.39 is 0 Å². The molecule has 0 radical (unpaired) electrons. The molecule has 0 aromatic carbocycles. The fourth-order valence-corrected chi connectivity index (χ4v) is 1.53. The zero-order chi connectivity index (χ0) is 11.3. The normalized spacial score (nSPS) is 23.1. The Kier molecular flexibility index (Phi) is 3.84. The van der Waals surface area contributed by atoms with Crippen molar-refractivity contribution in [2.75, 3.05) is 13.1 Å². The predicted molar refractivity (Wildman–Crippen MR) is 53.0 cm³/mol. The van der Waals surface area contributed by atoms with Gasteiger partial charge < -0.3 is 10.6 Å². The second-order valence-electron chi connectivity index (χ2n) is 3.40. The number of rotatable bonds is 3. The van der Waals surface area contributed by atoms with Crippen LogP contribution in [0.25, 0.3) is 0 Å². The molecule has 0 heterocycles. The molecule has 0 bridgehead atoms. The summed E-state index contributed by atoms with van der Waals surface area (Å²) >= 11 is 0. The van der Waals surface area contributed by atoms with Gasteiger partial charge in [0, 0.05) is 6.04 Å². The van der Waals surface area contributed by atoms with E-state index in [0.29, 0.717) is 6.42 Å². The number of hydrogen-bond acceptors (Lipinski definition) is 4. The van der Waals surface area contributed by atoms with Crippen molar-refractivity contribution >= 4 is 5.91 Å². The molecule has 2 unspecified atom stereocenters. The minimum atomic E-state index is -0.276. The second-order valence-corrected chi connectivity index (χ2v) is 3.40. The molecule has 0 aromatic heterocycles. The van der Waals surface area contributed by atoms with Crippen LogP contribution < -0.4 is 5.73 Å². The molecule has 5 heteroatoms. The van der Waals surface area contributed by atoms with Crippen molar-refractivity contribution in [3.8, 4) is 12.1 Å². The summed E-state index contributed by atoms with van der Waals surface area (Å²) in [5.41, 5.74) is 5.62. The molecule has 15 heavy (non-hydrogen) atoms. The van der Waals surface area contributed by atoms with Gasteiger partial charge in [0.2, 0.25) is 5.91 Å². The summed E-state index contributed by atoms with van der Waals surface area (Å²) < 4.78 is 0. The van der Waals surface area contributed by atoms with Gasteiger partial charge in [0.1, 0.15) is 13.1 Å². The molecule has 0 saturated heterocycles. The third-order valence-corrected chi connectivity index (χ3v) is 2.27. The largest absolute Gasteiger partial charge is 0.324 e. The quantitative estimate of drug-likeness (QED) is 0.507. The molecular formula is C10H12N4O. The van der Waals surface area contributed by atoms with Crippen molar-refractivity contribution in [2.45, 2.75) is 12.5 Å². The van der Waals surface area contributed by atoms with Crippen LogP contribution in [0, 0.1) is 28.6 Å². The SMILES string of the molecule is N#CCN(CC#N)C(=O)C1C=CC(N)C1. The first-order chi connectivity index (χ1) is 7.19. The van der Waals surface area contributed by atoms with E-state index in [2.05, 4.69) is 0 Å². The summed E-state index contributed by atoms with van der Waals surface area (Å²) in [5.74, 6) is -0.469. The zero-order valence-corrected chi connectivity index (χ0v) is 8.26. The molecule has 78 valence electrons. The fraction of sp³-hybridized carbons (Fsp3) is 0.500. The number of amides is 1. The Morgan fingerprint density at radius 2 is 2.00 bits per heavy atom. The standard InChI is InChI=1S/C10H12N4O/c11-3-5-14(6-4-12)10(15)8-1-2-9(13)7-8/h1-2,8-9H,5-7,13H2. The summed E-state index contributed by atoms with van der Waals surface area (Å²) in [6.45, 7) is -0.0993. The summed E-state index contributed by atoms with van der Waals surface area (Å²) in [7, 11) is 0. The van der Waals surface area contributed by atoms with Gasteiger partial charge in [-0.3, -0.25) is 4.79 Å². The van der Waals surface area contributed by atoms with Gasteiger partial charge in [0.25, 0.3) is 0 Å². The molecular weight excluding hydrogens is 192 g/mol. The lowest BCUT2D eigenvalue weighted by atomic mass is 10.1. The van der Waals surface area contributed by atoms with Crippen LogP contribution in [0.3, 0.4) is 0 Å². The zero-order valence-electron chi connectivity index (χ0n) is 8.26. The summed E-state index contributed by atoms with van der Waals surface area (Å²) in [6.07, 6.45) is 4.08. The van der Waals surface area contributed by atoms with Crippen LogP contribution in [-0.2, 0) is 4.79 Å². The minimum absolute atomic E-state index is 0.0496. The topological polar surface area (TPSA) is 93.9 Å². The number of nitriles is 2. The van der Waals surface area contributed by atoms with Crippen molar-refractivity contribution < 1.29 is 4.79 Å². The lowest BCUT2D eigenvalue weighted by molar-refractivity contribution is -0.132. The molecule has 0 spiro atoms. The monoisotopic (exact) mass is 204 g/mol. The Labute approximate surface area is 88.4 Å². The fourth-order valence-electron chi connectivity index (χ4n) is 1.53. The van der Waals surface area contributed by atoms with E-state index in [4.69, 9.17) is 16.3 Å². The first-order valence-electron chi connectivity index (χ1n) is 4.65. The first-order valence-corrected chi connectivity index (χ1v) is 4.65. The Morgan fingerprint density at radius 1 is 1.40 bits per heavy atom. The van der Waals surface area contributed by atoms with E-state index in [1.54, 1.807) is 12.2 Å². The highest BCUT2D eigenvalue weighted by Gasteiger charge is 2.26. The Bertz CT molecular complexity index is 333. The van der Waals surface area contributed by atoms with Gasteiger partial charge in [-0.05, 0) is 6.42 Å². The van der Waals surface area contributed by atoms with E-state index in [0.717, 1.165) is 0 Å². The molecule has 0 fully saturated rings. The molecule has 2 N–H and O–H groups in total. The third-order valence-electron chi connectivity index (χ3n) is 2.27. The number of carbonyl (C=O) groups excluding carboxylic acids is 1. The maximum absolute atomic E-state index is 11.8. The van der Waals surface area contributed by atoms with E-state index >= 15 is 0 Å². The smallest absolute Gasteiger partial charge is 0.231 e. The van der Waals surface area contributed by atoms with E-state index in [1.165, 1.54) is 4.90 Å². The molecule has 0 aromatic rings. The van der Waals surface area contributed by atoms with Gasteiger partial charge in [-0.15, -0.1) is 0 Å². The maximum Gasteiger partial charge on any atom is 0.231 e. The average Bonchev–Trinajstić information content (AvgIpc) is 2.63. The first kappa shape index (κ1) is 11.2. The van der Waals surface area contributed by atoms with E-state index in [1.807, 2.05) is 12.1 Å². The lowest BCUT2D eigenvalue weighted by Gasteiger charge is -2.19. The third kappa shape index (κ3) is 2.80. The van der Waals surface area contributed by atoms with E-state index in [9.17, 15) is 4.79 Å². The molecule has 1 rings (SSSR count). The van der Waals surface area contributed by atoms with Gasteiger partial charge in [-0.1, -0.05) is 12.2 Å². The summed E-state index contributed by atoms with van der Waals surface area (Å²) in [5, 5.41) is 17.0. The van der Waals surface area contributed by atoms with Crippen LogP contribution >= 0.6 is 0 Å². The minimum Gasteiger partial charge on any atom is -0.324 e. The molecule has 0 aliphatic heterocycles. The van der Waals surface area contributed by atoms with Gasteiger partial charge in [-0.25, -0.2) is 0 Å². The van der Waals surface area contributed by atoms with Gasteiger partial charge in [0.05, 0.1) is 18.1 Å². The van der Waals surface area contributed by atoms with Crippen LogP contribution in [0.15, 0.2) is 12.2 Å². The lowest BCUT2D eigenvalue weighted by Crippen LogP contribution is -2.36. The Balaban J connectivity index is 2.61. The molecule has 5 nitrogen and oxygen atoms in total. The Morgan fingerprint density at radius 3 is 2.40 bits per heavy atom. The van der Waals surface area contributed by atoms with Crippen LogP contribution in [0.1, 0.15) is 6.42 Å². The number of hydrogen-bond donors (Lipinski definition) is 1. The highest BCUT2D eigenvalue weighted by molar-refractivity contribution is 5.81. The van der Waals surface area contributed by atoms with Crippen LogP contribution in [-0.4, -0.2) is 29.9 Å². The van der Waals surface area contributed by atoms with Crippen molar-refractivity contribution in [3.05, 3.63) is 12.2 Å². The molecule has 0 saturated carbocycles. The summed E-state index contributed by atoms with van der Waals surface area (Å²) in [4.78, 5) is 13.0. The Hall–Kier alpha value is -1.85. The summed E-state index contributed by atoms with van der Waals surface area (Å²) in [6, 6.07) is 3.64.